The van der Waals surface area contributed by atoms with Crippen LogP contribution in [0.5, 0.6) is 0 Å². The van der Waals surface area contributed by atoms with Crippen molar-refractivity contribution in [1.82, 2.24) is 4.90 Å². The number of sulfonamides is 1. The number of hydrogen-bond acceptors (Lipinski definition) is 5. The van der Waals surface area contributed by atoms with Gasteiger partial charge in [0.2, 0.25) is 0 Å². The SMILES string of the molecule is O=C([C@H]1CCCO1)N1CCC[C@@H](C2=NS(=O)(=O)c3ccccc3N2)C1. The van der Waals surface area contributed by atoms with Crippen molar-refractivity contribution in [1.29, 1.82) is 0 Å². The largest absolute Gasteiger partial charge is 0.368 e. The molecule has 8 heteroatoms. The number of nitrogens with one attached hydrogen (secondary N) is 1. The van der Waals surface area contributed by atoms with E-state index in [0.29, 0.717) is 31.2 Å². The molecule has 0 bridgehead atoms. The Hall–Kier alpha value is -1.93. The second-order valence-corrected chi connectivity index (χ2v) is 8.27. The molecule has 4 rings (SSSR count). The number of fused-ring (bicyclic) bond motifs is 1. The van der Waals surface area contributed by atoms with Gasteiger partial charge in [0, 0.05) is 25.6 Å². The highest BCUT2D eigenvalue weighted by Crippen LogP contribution is 2.30. The maximum absolute atomic E-state index is 12.6. The van der Waals surface area contributed by atoms with E-state index in [1.165, 1.54) is 0 Å². The predicted octanol–water partition coefficient (Wildman–Crippen LogP) is 1.62. The van der Waals surface area contributed by atoms with Gasteiger partial charge in [-0.1, -0.05) is 12.1 Å². The first-order valence-electron chi connectivity index (χ1n) is 8.66. The molecule has 0 aliphatic carbocycles. The molecule has 0 saturated carbocycles. The second kappa shape index (κ2) is 6.42. The van der Waals surface area contributed by atoms with Gasteiger partial charge in [0.25, 0.3) is 15.9 Å². The van der Waals surface area contributed by atoms with Gasteiger partial charge in [0.15, 0.2) is 0 Å². The molecule has 1 amide bonds. The van der Waals surface area contributed by atoms with Gasteiger partial charge in [0.05, 0.1) is 5.69 Å². The van der Waals surface area contributed by atoms with Crippen LogP contribution in [-0.4, -0.2) is 50.9 Å². The number of amides is 1. The molecule has 0 unspecified atom stereocenters. The monoisotopic (exact) mass is 363 g/mol. The Balaban J connectivity index is 1.54. The number of ether oxygens (including phenoxy) is 1. The third kappa shape index (κ3) is 3.16. The van der Waals surface area contributed by atoms with E-state index in [4.69, 9.17) is 4.74 Å². The number of carbonyl (C=O) groups is 1. The number of piperidine rings is 1. The standard InChI is InChI=1S/C17H21N3O4S/c21-17(14-7-4-10-24-14)20-9-3-5-12(11-20)16-18-13-6-1-2-8-15(13)25(22,23)19-16/h1-2,6,8,12,14H,3-5,7,9-11H2,(H,18,19)/t12-,14-/m1/s1. The van der Waals surface area contributed by atoms with Crippen molar-refractivity contribution in [3.63, 3.8) is 0 Å². The van der Waals surface area contributed by atoms with Crippen molar-refractivity contribution in [2.75, 3.05) is 25.0 Å². The van der Waals surface area contributed by atoms with Crippen LogP contribution in [0.4, 0.5) is 5.69 Å². The highest BCUT2D eigenvalue weighted by Gasteiger charge is 2.35. The van der Waals surface area contributed by atoms with E-state index < -0.39 is 10.0 Å². The summed E-state index contributed by atoms with van der Waals surface area (Å²) >= 11 is 0. The Morgan fingerprint density at radius 2 is 2.08 bits per heavy atom. The minimum atomic E-state index is -3.70. The molecule has 3 heterocycles. The summed E-state index contributed by atoms with van der Waals surface area (Å²) in [6.07, 6.45) is 2.96. The van der Waals surface area contributed by atoms with E-state index in [-0.39, 0.29) is 22.8 Å². The average molecular weight is 363 g/mol. The first-order valence-corrected chi connectivity index (χ1v) is 10.1. The van der Waals surface area contributed by atoms with Crippen molar-refractivity contribution >= 4 is 27.5 Å². The van der Waals surface area contributed by atoms with Gasteiger partial charge < -0.3 is 15.0 Å². The van der Waals surface area contributed by atoms with Crippen molar-refractivity contribution in [2.24, 2.45) is 10.3 Å². The molecule has 1 N–H and O–H groups in total. The second-order valence-electron chi connectivity index (χ2n) is 6.70. The van der Waals surface area contributed by atoms with Gasteiger partial charge >= 0.3 is 0 Å². The summed E-state index contributed by atoms with van der Waals surface area (Å²) < 4.78 is 34.3. The summed E-state index contributed by atoms with van der Waals surface area (Å²) in [6, 6.07) is 6.76. The molecule has 134 valence electrons. The highest BCUT2D eigenvalue weighted by atomic mass is 32.2. The molecule has 2 fully saturated rings. The molecule has 0 radical (unpaired) electrons. The topological polar surface area (TPSA) is 88.1 Å². The third-order valence-electron chi connectivity index (χ3n) is 4.97. The normalized spacial score (nSPS) is 28.0. The minimum Gasteiger partial charge on any atom is -0.368 e. The molecule has 0 spiro atoms. The molecule has 2 saturated heterocycles. The van der Waals surface area contributed by atoms with Gasteiger partial charge in [-0.05, 0) is 37.8 Å². The van der Waals surface area contributed by atoms with Crippen LogP contribution in [0.3, 0.4) is 0 Å². The number of amidine groups is 1. The van der Waals surface area contributed by atoms with E-state index in [1.807, 2.05) is 0 Å². The van der Waals surface area contributed by atoms with E-state index in [0.717, 1.165) is 25.7 Å². The van der Waals surface area contributed by atoms with E-state index in [9.17, 15) is 13.2 Å². The van der Waals surface area contributed by atoms with Gasteiger partial charge in [-0.3, -0.25) is 4.79 Å². The van der Waals surface area contributed by atoms with Crippen LogP contribution in [-0.2, 0) is 19.6 Å². The average Bonchev–Trinajstić information content (AvgIpc) is 3.15. The van der Waals surface area contributed by atoms with Crippen molar-refractivity contribution in [3.05, 3.63) is 24.3 Å². The molecule has 25 heavy (non-hydrogen) atoms. The van der Waals surface area contributed by atoms with Crippen LogP contribution in [0, 0.1) is 5.92 Å². The van der Waals surface area contributed by atoms with Crippen LogP contribution in [0.1, 0.15) is 25.7 Å². The fraction of sp³-hybridized carbons (Fsp3) is 0.529. The summed E-state index contributed by atoms with van der Waals surface area (Å²) in [4.78, 5) is 14.6. The summed E-state index contributed by atoms with van der Waals surface area (Å²) in [7, 11) is -3.70. The number of nitrogens with zero attached hydrogens (tertiary/aromatic N) is 2. The Kier molecular flexibility index (Phi) is 4.24. The van der Waals surface area contributed by atoms with Crippen molar-refractivity contribution in [3.8, 4) is 0 Å². The third-order valence-corrected chi connectivity index (χ3v) is 6.32. The first kappa shape index (κ1) is 16.5. The molecule has 3 aliphatic heterocycles. The number of para-hydroxylation sites is 1. The Morgan fingerprint density at radius 1 is 1.24 bits per heavy atom. The zero-order valence-corrected chi connectivity index (χ0v) is 14.7. The summed E-state index contributed by atoms with van der Waals surface area (Å²) in [5.41, 5.74) is 0.551. The van der Waals surface area contributed by atoms with Crippen LogP contribution in [0.15, 0.2) is 33.6 Å². The van der Waals surface area contributed by atoms with Crippen molar-refractivity contribution in [2.45, 2.75) is 36.7 Å². The zero-order chi connectivity index (χ0) is 17.4. The number of likely N-dealkylation sites (tertiary alicyclic amines) is 1. The summed E-state index contributed by atoms with van der Waals surface area (Å²) in [5.74, 6) is 0.340. The lowest BCUT2D eigenvalue weighted by atomic mass is 9.96. The van der Waals surface area contributed by atoms with E-state index in [1.54, 1.807) is 29.2 Å². The van der Waals surface area contributed by atoms with Gasteiger partial charge in [0.1, 0.15) is 16.8 Å². The van der Waals surface area contributed by atoms with Crippen LogP contribution in [0.25, 0.3) is 0 Å². The first-order chi connectivity index (χ1) is 12.0. The molecule has 1 aromatic rings. The van der Waals surface area contributed by atoms with Crippen molar-refractivity contribution < 1.29 is 17.9 Å². The number of anilines is 1. The molecular formula is C17H21N3O4S. The Bertz CT molecular complexity index is 815. The fourth-order valence-electron chi connectivity index (χ4n) is 3.69. The molecular weight excluding hydrogens is 342 g/mol. The Labute approximate surface area is 147 Å². The molecule has 7 nitrogen and oxygen atoms in total. The number of carbonyl (C=O) groups excluding carboxylic acids is 1. The number of benzene rings is 1. The summed E-state index contributed by atoms with van der Waals surface area (Å²) in [5, 5.41) is 3.15. The van der Waals surface area contributed by atoms with Crippen LogP contribution >= 0.6 is 0 Å². The Morgan fingerprint density at radius 3 is 2.88 bits per heavy atom. The quantitative estimate of drug-likeness (QED) is 0.863. The lowest BCUT2D eigenvalue weighted by molar-refractivity contribution is -0.142. The van der Waals surface area contributed by atoms with E-state index in [2.05, 4.69) is 9.71 Å². The minimum absolute atomic E-state index is 0.0156. The number of rotatable bonds is 2. The lowest BCUT2D eigenvalue weighted by Gasteiger charge is -2.35. The predicted molar refractivity (Wildman–Crippen MR) is 93.0 cm³/mol. The van der Waals surface area contributed by atoms with Gasteiger partial charge in [-0.25, -0.2) is 0 Å². The number of hydrogen-bond donors (Lipinski definition) is 1. The molecule has 1 aromatic carbocycles. The molecule has 2 atom stereocenters. The van der Waals surface area contributed by atoms with Gasteiger partial charge in [-0.2, -0.15) is 8.42 Å². The maximum atomic E-state index is 12.6. The fourth-order valence-corrected chi connectivity index (χ4v) is 4.89. The van der Waals surface area contributed by atoms with Crippen LogP contribution in [0.2, 0.25) is 0 Å². The van der Waals surface area contributed by atoms with Crippen LogP contribution < -0.4 is 5.32 Å². The molecule has 3 aliphatic rings. The lowest BCUT2D eigenvalue weighted by Crippen LogP contribution is -2.47. The maximum Gasteiger partial charge on any atom is 0.286 e. The molecule has 0 aromatic heterocycles. The van der Waals surface area contributed by atoms with Gasteiger partial charge in [-0.15, -0.1) is 4.40 Å². The van der Waals surface area contributed by atoms with E-state index >= 15 is 0 Å². The highest BCUT2D eigenvalue weighted by molar-refractivity contribution is 7.90. The zero-order valence-electron chi connectivity index (χ0n) is 13.8. The smallest absolute Gasteiger partial charge is 0.286 e. The summed E-state index contributed by atoms with van der Waals surface area (Å²) in [6.45, 7) is 1.80.